The number of hydrogen-bond donors (Lipinski definition) is 1. The zero-order valence-electron chi connectivity index (χ0n) is 19.0. The van der Waals surface area contributed by atoms with Crippen LogP contribution in [0.2, 0.25) is 0 Å². The summed E-state index contributed by atoms with van der Waals surface area (Å²) in [5, 5.41) is 3.62. The Kier molecular flexibility index (Phi) is 5.96. The van der Waals surface area contributed by atoms with Crippen LogP contribution in [0.3, 0.4) is 0 Å². The van der Waals surface area contributed by atoms with Crippen molar-refractivity contribution in [3.63, 3.8) is 0 Å². The summed E-state index contributed by atoms with van der Waals surface area (Å²) in [4.78, 5) is 25.4. The highest BCUT2D eigenvalue weighted by Gasteiger charge is 2.31. The molecule has 0 fully saturated rings. The first kappa shape index (κ1) is 21.9. The van der Waals surface area contributed by atoms with E-state index in [1.54, 1.807) is 7.11 Å². The van der Waals surface area contributed by atoms with Gasteiger partial charge in [-0.2, -0.15) is 0 Å². The van der Waals surface area contributed by atoms with E-state index in [1.165, 1.54) is 0 Å². The molecule has 1 N–H and O–H groups in total. The van der Waals surface area contributed by atoms with E-state index in [1.807, 2.05) is 57.2 Å². The lowest BCUT2D eigenvalue weighted by atomic mass is 9.91. The van der Waals surface area contributed by atoms with E-state index in [0.717, 1.165) is 35.8 Å². The topological polar surface area (TPSA) is 77.8 Å². The number of methoxy groups -OCH3 is 1. The van der Waals surface area contributed by atoms with Crippen molar-refractivity contribution in [2.75, 3.05) is 13.7 Å². The summed E-state index contributed by atoms with van der Waals surface area (Å²) in [5.74, 6) is 1.04. The Balaban J connectivity index is 1.62. The average Bonchev–Trinajstić information content (AvgIpc) is 2.75. The van der Waals surface area contributed by atoms with Crippen LogP contribution in [0.4, 0.5) is 0 Å². The van der Waals surface area contributed by atoms with Crippen molar-refractivity contribution in [3.8, 4) is 11.5 Å². The van der Waals surface area contributed by atoms with Crippen LogP contribution in [0.15, 0.2) is 45.6 Å². The van der Waals surface area contributed by atoms with E-state index in [9.17, 15) is 9.59 Å². The Morgan fingerprint density at radius 3 is 2.69 bits per heavy atom. The summed E-state index contributed by atoms with van der Waals surface area (Å²) in [5.41, 5.74) is 2.79. The number of aryl methyl sites for hydroxylation is 2. The number of benzene rings is 2. The molecule has 2 heterocycles. The molecule has 0 atom stereocenters. The summed E-state index contributed by atoms with van der Waals surface area (Å²) in [6.45, 7) is 6.42. The molecule has 4 rings (SSSR count). The molecule has 6 heteroatoms. The first-order valence-corrected chi connectivity index (χ1v) is 10.9. The molecule has 0 saturated carbocycles. The van der Waals surface area contributed by atoms with Gasteiger partial charge in [0, 0.05) is 18.2 Å². The van der Waals surface area contributed by atoms with Crippen molar-refractivity contribution in [1.29, 1.82) is 0 Å². The van der Waals surface area contributed by atoms with Crippen LogP contribution in [0.25, 0.3) is 11.0 Å². The molecule has 0 spiro atoms. The molecule has 3 aromatic rings. The van der Waals surface area contributed by atoms with Gasteiger partial charge in [0.05, 0.1) is 24.5 Å². The third-order valence-corrected chi connectivity index (χ3v) is 6.08. The Labute approximate surface area is 187 Å². The third-order valence-electron chi connectivity index (χ3n) is 6.08. The first-order chi connectivity index (χ1) is 15.3. The number of rotatable bonds is 6. The zero-order chi connectivity index (χ0) is 22.9. The molecule has 0 saturated heterocycles. The number of nitrogens with one attached hydrogen (secondary N) is 1. The summed E-state index contributed by atoms with van der Waals surface area (Å²) >= 11 is 0. The van der Waals surface area contributed by atoms with Crippen LogP contribution in [0.1, 0.15) is 42.5 Å². The van der Waals surface area contributed by atoms with Gasteiger partial charge in [0.15, 0.2) is 0 Å². The number of carbonyl (C=O) groups excluding carboxylic acids is 1. The highest BCUT2D eigenvalue weighted by atomic mass is 16.5. The smallest absolute Gasteiger partial charge is 0.340 e. The van der Waals surface area contributed by atoms with Crippen LogP contribution >= 0.6 is 0 Å². The zero-order valence-corrected chi connectivity index (χ0v) is 19.0. The maximum absolute atomic E-state index is 12.9. The van der Waals surface area contributed by atoms with Crippen LogP contribution in [-0.4, -0.2) is 25.2 Å². The number of amides is 1. The molecule has 0 unspecified atom stereocenters. The van der Waals surface area contributed by atoms with Crippen molar-refractivity contribution in [2.24, 2.45) is 0 Å². The third kappa shape index (κ3) is 4.35. The fraction of sp³-hybridized carbons (Fsp3) is 0.385. The van der Waals surface area contributed by atoms with Gasteiger partial charge in [-0.3, -0.25) is 4.79 Å². The van der Waals surface area contributed by atoms with Gasteiger partial charge in [-0.25, -0.2) is 4.79 Å². The minimum absolute atomic E-state index is 0.0390. The van der Waals surface area contributed by atoms with E-state index in [4.69, 9.17) is 13.9 Å². The molecule has 0 aliphatic carbocycles. The summed E-state index contributed by atoms with van der Waals surface area (Å²) in [6.07, 6.45) is 2.25. The summed E-state index contributed by atoms with van der Waals surface area (Å²) in [6, 6.07) is 11.8. The van der Waals surface area contributed by atoms with Gasteiger partial charge in [-0.15, -0.1) is 0 Å². The standard InChI is InChI=1S/C26H29NO5/c1-16-19(14-22(28)27-13-11-17-8-6-5-7-9-17)25(29)31-24-18-10-12-26(2,3)32-20(18)15-21(30-4)23(16)24/h5-9,15H,10-14H2,1-4H3,(H,27,28). The van der Waals surface area contributed by atoms with Gasteiger partial charge in [0.1, 0.15) is 22.7 Å². The Bertz CT molecular complexity index is 1210. The van der Waals surface area contributed by atoms with Crippen molar-refractivity contribution in [3.05, 3.63) is 69.1 Å². The molecule has 0 radical (unpaired) electrons. The van der Waals surface area contributed by atoms with E-state index >= 15 is 0 Å². The monoisotopic (exact) mass is 435 g/mol. The predicted octanol–water partition coefficient (Wildman–Crippen LogP) is 4.12. The minimum atomic E-state index is -0.492. The van der Waals surface area contributed by atoms with Gasteiger partial charge >= 0.3 is 5.63 Å². The normalized spacial score (nSPS) is 14.5. The Morgan fingerprint density at radius 1 is 1.22 bits per heavy atom. The second kappa shape index (κ2) is 8.69. The maximum atomic E-state index is 12.9. The molecule has 32 heavy (non-hydrogen) atoms. The van der Waals surface area contributed by atoms with Crippen LogP contribution in [-0.2, 0) is 24.1 Å². The SMILES string of the molecule is COc1cc2c(c3oc(=O)c(CC(=O)NCCc4ccccc4)c(C)c13)CCC(C)(C)O2. The lowest BCUT2D eigenvalue weighted by Crippen LogP contribution is -2.33. The molecule has 168 valence electrons. The quantitative estimate of drug-likeness (QED) is 0.590. The van der Waals surface area contributed by atoms with Crippen molar-refractivity contribution in [1.82, 2.24) is 5.32 Å². The lowest BCUT2D eigenvalue weighted by Gasteiger charge is -2.33. The van der Waals surface area contributed by atoms with Gasteiger partial charge in [-0.1, -0.05) is 30.3 Å². The highest BCUT2D eigenvalue weighted by molar-refractivity contribution is 5.93. The Morgan fingerprint density at radius 2 is 1.97 bits per heavy atom. The second-order valence-corrected chi connectivity index (χ2v) is 8.88. The lowest BCUT2D eigenvalue weighted by molar-refractivity contribution is -0.120. The number of ether oxygens (including phenoxy) is 2. The second-order valence-electron chi connectivity index (χ2n) is 8.88. The number of hydrogen-bond acceptors (Lipinski definition) is 5. The fourth-order valence-corrected chi connectivity index (χ4v) is 4.26. The van der Waals surface area contributed by atoms with E-state index in [2.05, 4.69) is 5.32 Å². The van der Waals surface area contributed by atoms with Crippen LogP contribution in [0, 0.1) is 6.92 Å². The minimum Gasteiger partial charge on any atom is -0.496 e. The van der Waals surface area contributed by atoms with Crippen molar-refractivity contribution < 1.29 is 18.7 Å². The van der Waals surface area contributed by atoms with Gasteiger partial charge in [-0.05, 0) is 51.2 Å². The molecule has 6 nitrogen and oxygen atoms in total. The van der Waals surface area contributed by atoms with Crippen LogP contribution < -0.4 is 20.4 Å². The van der Waals surface area contributed by atoms with Gasteiger partial charge < -0.3 is 19.2 Å². The molecule has 2 aromatic carbocycles. The van der Waals surface area contributed by atoms with E-state index < -0.39 is 5.63 Å². The molecule has 1 aromatic heterocycles. The fourth-order valence-electron chi connectivity index (χ4n) is 4.26. The van der Waals surface area contributed by atoms with Gasteiger partial charge in [0.25, 0.3) is 0 Å². The largest absolute Gasteiger partial charge is 0.496 e. The first-order valence-electron chi connectivity index (χ1n) is 10.9. The van der Waals surface area contributed by atoms with Crippen molar-refractivity contribution in [2.45, 2.75) is 52.1 Å². The molecular weight excluding hydrogens is 406 g/mol. The number of fused-ring (bicyclic) bond motifs is 3. The van der Waals surface area contributed by atoms with Crippen molar-refractivity contribution >= 4 is 16.9 Å². The van der Waals surface area contributed by atoms with Crippen LogP contribution in [0.5, 0.6) is 11.5 Å². The molecule has 0 bridgehead atoms. The average molecular weight is 436 g/mol. The molecular formula is C26H29NO5. The van der Waals surface area contributed by atoms with E-state index in [-0.39, 0.29) is 17.9 Å². The molecule has 1 amide bonds. The predicted molar refractivity (Wildman–Crippen MR) is 124 cm³/mol. The summed E-state index contributed by atoms with van der Waals surface area (Å²) < 4.78 is 17.5. The summed E-state index contributed by atoms with van der Waals surface area (Å²) in [7, 11) is 1.58. The van der Waals surface area contributed by atoms with E-state index in [0.29, 0.717) is 34.8 Å². The van der Waals surface area contributed by atoms with Gasteiger partial charge in [0.2, 0.25) is 5.91 Å². The molecule has 1 aliphatic rings. The highest BCUT2D eigenvalue weighted by Crippen LogP contribution is 2.43. The Hall–Kier alpha value is -3.28. The maximum Gasteiger partial charge on any atom is 0.340 e. The molecule has 1 aliphatic heterocycles. The number of carbonyl (C=O) groups is 1.